The first-order chi connectivity index (χ1) is 9.11. The van der Waals surface area contributed by atoms with Crippen LogP contribution in [0.5, 0.6) is 5.75 Å². The van der Waals surface area contributed by atoms with Gasteiger partial charge < -0.3 is 10.4 Å². The Hall–Kier alpha value is -1.55. The number of phenolic OH excluding ortho intramolecular Hbond substituents is 1. The van der Waals surface area contributed by atoms with Crippen LogP contribution in [0, 0.1) is 0 Å². The topological polar surface area (TPSA) is 52.6 Å². The zero-order valence-corrected chi connectivity index (χ0v) is 11.6. The van der Waals surface area contributed by atoms with Crippen LogP contribution in [0.1, 0.15) is 38.3 Å². The van der Waals surface area contributed by atoms with E-state index in [9.17, 15) is 9.90 Å². The zero-order valence-electron chi connectivity index (χ0n) is 11.6. The minimum absolute atomic E-state index is 0.0301. The van der Waals surface area contributed by atoms with Crippen LogP contribution in [0.2, 0.25) is 0 Å². The van der Waals surface area contributed by atoms with Crippen molar-refractivity contribution in [2.45, 2.75) is 38.8 Å². The third kappa shape index (κ3) is 3.26. The summed E-state index contributed by atoms with van der Waals surface area (Å²) in [6.45, 7) is 5.50. The molecule has 0 aromatic heterocycles. The zero-order chi connectivity index (χ0) is 13.8. The molecule has 0 bridgehead atoms. The Kier molecular flexibility index (Phi) is 4.43. The SMILES string of the molecule is CCC(c1ccccc1O)N1CCC(NC(C)=O)C1. The van der Waals surface area contributed by atoms with Gasteiger partial charge in [0, 0.05) is 37.7 Å². The van der Waals surface area contributed by atoms with Crippen LogP contribution >= 0.6 is 0 Å². The Morgan fingerprint density at radius 3 is 2.89 bits per heavy atom. The van der Waals surface area contributed by atoms with E-state index in [1.165, 1.54) is 0 Å². The molecule has 2 N–H and O–H groups in total. The number of rotatable bonds is 4. The van der Waals surface area contributed by atoms with E-state index in [1.807, 2.05) is 18.2 Å². The van der Waals surface area contributed by atoms with Gasteiger partial charge >= 0.3 is 0 Å². The maximum atomic E-state index is 11.1. The van der Waals surface area contributed by atoms with Crippen LogP contribution in [-0.2, 0) is 4.79 Å². The van der Waals surface area contributed by atoms with Crippen molar-refractivity contribution >= 4 is 5.91 Å². The molecule has 1 heterocycles. The molecule has 1 aromatic carbocycles. The maximum absolute atomic E-state index is 11.1. The average Bonchev–Trinajstić information content (AvgIpc) is 2.80. The highest BCUT2D eigenvalue weighted by Crippen LogP contribution is 2.33. The summed E-state index contributed by atoms with van der Waals surface area (Å²) in [6, 6.07) is 7.97. The summed E-state index contributed by atoms with van der Waals surface area (Å²) in [5.41, 5.74) is 0.980. The van der Waals surface area contributed by atoms with Crippen molar-refractivity contribution in [3.8, 4) is 5.75 Å². The molecular formula is C15H22N2O2. The fourth-order valence-corrected chi connectivity index (χ4v) is 2.92. The van der Waals surface area contributed by atoms with Gasteiger partial charge in [-0.3, -0.25) is 9.69 Å². The number of carbonyl (C=O) groups excluding carboxylic acids is 1. The number of para-hydroxylation sites is 1. The summed E-state index contributed by atoms with van der Waals surface area (Å²) in [7, 11) is 0. The molecule has 0 spiro atoms. The largest absolute Gasteiger partial charge is 0.508 e. The number of likely N-dealkylation sites (tertiary alicyclic amines) is 1. The Labute approximate surface area is 114 Å². The highest BCUT2D eigenvalue weighted by Gasteiger charge is 2.29. The molecule has 1 aliphatic heterocycles. The van der Waals surface area contributed by atoms with Gasteiger partial charge in [0.15, 0.2) is 0 Å². The molecule has 1 aliphatic rings. The number of aromatic hydroxyl groups is 1. The number of hydrogen-bond acceptors (Lipinski definition) is 3. The van der Waals surface area contributed by atoms with Gasteiger partial charge in [-0.1, -0.05) is 25.1 Å². The molecule has 0 aliphatic carbocycles. The number of benzene rings is 1. The van der Waals surface area contributed by atoms with Crippen LogP contribution in [0.25, 0.3) is 0 Å². The fourth-order valence-electron chi connectivity index (χ4n) is 2.92. The first-order valence-electron chi connectivity index (χ1n) is 6.90. The maximum Gasteiger partial charge on any atom is 0.217 e. The van der Waals surface area contributed by atoms with Crippen molar-refractivity contribution in [3.63, 3.8) is 0 Å². The average molecular weight is 262 g/mol. The van der Waals surface area contributed by atoms with Crippen LogP contribution in [0.4, 0.5) is 0 Å². The second-order valence-electron chi connectivity index (χ2n) is 5.16. The highest BCUT2D eigenvalue weighted by molar-refractivity contribution is 5.73. The Bertz CT molecular complexity index is 448. The summed E-state index contributed by atoms with van der Waals surface area (Å²) in [5.74, 6) is 0.389. The molecule has 1 fully saturated rings. The van der Waals surface area contributed by atoms with Gasteiger partial charge in [-0.15, -0.1) is 0 Å². The molecule has 0 radical (unpaired) electrons. The first kappa shape index (κ1) is 13.9. The Morgan fingerprint density at radius 2 is 2.26 bits per heavy atom. The molecule has 0 saturated carbocycles. The van der Waals surface area contributed by atoms with Crippen LogP contribution in [0.15, 0.2) is 24.3 Å². The van der Waals surface area contributed by atoms with Gasteiger partial charge in [0.25, 0.3) is 0 Å². The van der Waals surface area contributed by atoms with Gasteiger partial charge in [0.2, 0.25) is 5.91 Å². The minimum atomic E-state index is 0.0301. The number of carbonyl (C=O) groups is 1. The van der Waals surface area contributed by atoms with Gasteiger partial charge in [-0.05, 0) is 18.9 Å². The third-order valence-corrected chi connectivity index (χ3v) is 3.75. The first-order valence-corrected chi connectivity index (χ1v) is 6.90. The summed E-state index contributed by atoms with van der Waals surface area (Å²) in [5, 5.41) is 13.0. The summed E-state index contributed by atoms with van der Waals surface area (Å²) in [6.07, 6.45) is 1.92. The Balaban J connectivity index is 2.08. The van der Waals surface area contributed by atoms with Crippen molar-refractivity contribution < 1.29 is 9.90 Å². The number of hydrogen-bond donors (Lipinski definition) is 2. The second kappa shape index (κ2) is 6.06. The molecule has 4 heteroatoms. The van der Waals surface area contributed by atoms with Crippen molar-refractivity contribution in [3.05, 3.63) is 29.8 Å². The molecular weight excluding hydrogens is 240 g/mol. The summed E-state index contributed by atoms with van der Waals surface area (Å²) < 4.78 is 0. The molecule has 2 rings (SSSR count). The molecule has 1 amide bonds. The molecule has 104 valence electrons. The van der Waals surface area contributed by atoms with Crippen molar-refractivity contribution in [1.29, 1.82) is 0 Å². The van der Waals surface area contributed by atoms with E-state index in [4.69, 9.17) is 0 Å². The van der Waals surface area contributed by atoms with E-state index in [1.54, 1.807) is 13.0 Å². The van der Waals surface area contributed by atoms with Gasteiger partial charge in [-0.2, -0.15) is 0 Å². The van der Waals surface area contributed by atoms with Gasteiger partial charge in [0.05, 0.1) is 0 Å². The number of nitrogens with zero attached hydrogens (tertiary/aromatic N) is 1. The predicted octanol–water partition coefficient (Wildman–Crippen LogP) is 2.05. The summed E-state index contributed by atoms with van der Waals surface area (Å²) in [4.78, 5) is 13.4. The molecule has 4 nitrogen and oxygen atoms in total. The van der Waals surface area contributed by atoms with Crippen LogP contribution in [0.3, 0.4) is 0 Å². The van der Waals surface area contributed by atoms with Gasteiger partial charge in [-0.25, -0.2) is 0 Å². The summed E-state index contributed by atoms with van der Waals surface area (Å²) >= 11 is 0. The van der Waals surface area contributed by atoms with Crippen LogP contribution < -0.4 is 5.32 Å². The Morgan fingerprint density at radius 1 is 1.53 bits per heavy atom. The molecule has 2 unspecified atom stereocenters. The molecule has 1 aromatic rings. The number of amides is 1. The molecule has 1 saturated heterocycles. The lowest BCUT2D eigenvalue weighted by molar-refractivity contribution is -0.119. The monoisotopic (exact) mass is 262 g/mol. The van der Waals surface area contributed by atoms with E-state index in [0.717, 1.165) is 31.5 Å². The number of phenols is 1. The quantitative estimate of drug-likeness (QED) is 0.873. The lowest BCUT2D eigenvalue weighted by Gasteiger charge is -2.27. The molecule has 2 atom stereocenters. The van der Waals surface area contributed by atoms with Crippen molar-refractivity contribution in [2.24, 2.45) is 0 Å². The van der Waals surface area contributed by atoms with Crippen molar-refractivity contribution in [1.82, 2.24) is 10.2 Å². The van der Waals surface area contributed by atoms with E-state index in [-0.39, 0.29) is 18.0 Å². The van der Waals surface area contributed by atoms with Gasteiger partial charge in [0.1, 0.15) is 5.75 Å². The standard InChI is InChI=1S/C15H22N2O2/c1-3-14(13-6-4-5-7-15(13)19)17-9-8-12(10-17)16-11(2)18/h4-7,12,14,19H,3,8-10H2,1-2H3,(H,16,18). The van der Waals surface area contributed by atoms with E-state index in [0.29, 0.717) is 5.75 Å². The third-order valence-electron chi connectivity index (χ3n) is 3.75. The predicted molar refractivity (Wildman–Crippen MR) is 74.9 cm³/mol. The smallest absolute Gasteiger partial charge is 0.217 e. The van der Waals surface area contributed by atoms with E-state index in [2.05, 4.69) is 17.1 Å². The lowest BCUT2D eigenvalue weighted by atomic mass is 10.0. The molecule has 19 heavy (non-hydrogen) atoms. The second-order valence-corrected chi connectivity index (χ2v) is 5.16. The van der Waals surface area contributed by atoms with E-state index < -0.39 is 0 Å². The normalized spacial score (nSPS) is 21.3. The number of nitrogens with one attached hydrogen (secondary N) is 1. The van der Waals surface area contributed by atoms with E-state index >= 15 is 0 Å². The highest BCUT2D eigenvalue weighted by atomic mass is 16.3. The van der Waals surface area contributed by atoms with Crippen molar-refractivity contribution in [2.75, 3.05) is 13.1 Å². The lowest BCUT2D eigenvalue weighted by Crippen LogP contribution is -2.36. The fraction of sp³-hybridized carbons (Fsp3) is 0.533. The van der Waals surface area contributed by atoms with Crippen LogP contribution in [-0.4, -0.2) is 35.0 Å². The minimum Gasteiger partial charge on any atom is -0.508 e.